The Balaban J connectivity index is 1.65. The Hall–Kier alpha value is -2.89. The smallest absolute Gasteiger partial charge is 0.321 e. The molecule has 1 aliphatic rings. The topological polar surface area (TPSA) is 93.5 Å². The normalized spacial score (nSPS) is 15.2. The van der Waals surface area contributed by atoms with Crippen molar-refractivity contribution in [2.24, 2.45) is 0 Å². The van der Waals surface area contributed by atoms with Crippen LogP contribution < -0.4 is 5.32 Å². The lowest BCUT2D eigenvalue weighted by molar-refractivity contribution is 0.184. The van der Waals surface area contributed by atoms with Crippen LogP contribution in [0.3, 0.4) is 0 Å². The Morgan fingerprint density at radius 3 is 2.30 bits per heavy atom. The number of carbonyl (C=O) groups excluding carboxylic acids is 1. The van der Waals surface area contributed by atoms with Gasteiger partial charge in [0.05, 0.1) is 10.5 Å². The molecule has 0 aliphatic carbocycles. The fourth-order valence-corrected chi connectivity index (χ4v) is 4.46. The predicted molar refractivity (Wildman–Crippen MR) is 102 cm³/mol. The van der Waals surface area contributed by atoms with Gasteiger partial charge in [-0.3, -0.25) is 0 Å². The summed E-state index contributed by atoms with van der Waals surface area (Å²) in [6.45, 7) is 2.90. The highest BCUT2D eigenvalue weighted by atomic mass is 32.2. The minimum absolute atomic E-state index is 0.00468. The third-order valence-corrected chi connectivity index (χ3v) is 6.41. The van der Waals surface area contributed by atoms with Gasteiger partial charge >= 0.3 is 6.03 Å². The maximum absolute atomic E-state index is 12.8. The first kappa shape index (κ1) is 18.9. The van der Waals surface area contributed by atoms with Gasteiger partial charge < -0.3 is 10.2 Å². The summed E-state index contributed by atoms with van der Waals surface area (Å²) in [5, 5.41) is 12.0. The van der Waals surface area contributed by atoms with Crippen molar-refractivity contribution in [3.8, 4) is 6.07 Å². The Kier molecular flexibility index (Phi) is 5.44. The van der Waals surface area contributed by atoms with E-state index in [1.807, 2.05) is 37.3 Å². The number of aryl methyl sites for hydroxylation is 1. The van der Waals surface area contributed by atoms with Crippen molar-refractivity contribution in [1.29, 1.82) is 5.26 Å². The van der Waals surface area contributed by atoms with E-state index >= 15 is 0 Å². The van der Waals surface area contributed by atoms with E-state index in [9.17, 15) is 13.2 Å². The lowest BCUT2D eigenvalue weighted by Crippen LogP contribution is -2.51. The lowest BCUT2D eigenvalue weighted by atomic mass is 10.2. The number of nitrogens with zero attached hydrogens (tertiary/aromatic N) is 3. The Morgan fingerprint density at radius 1 is 1.04 bits per heavy atom. The third kappa shape index (κ3) is 4.10. The summed E-state index contributed by atoms with van der Waals surface area (Å²) >= 11 is 0. The second-order valence-electron chi connectivity index (χ2n) is 6.30. The van der Waals surface area contributed by atoms with Gasteiger partial charge in [-0.2, -0.15) is 9.57 Å². The molecule has 0 spiro atoms. The van der Waals surface area contributed by atoms with Gasteiger partial charge in [-0.05, 0) is 31.2 Å². The summed E-state index contributed by atoms with van der Waals surface area (Å²) in [5.41, 5.74) is 1.92. The molecule has 0 bridgehead atoms. The van der Waals surface area contributed by atoms with E-state index < -0.39 is 10.0 Å². The molecule has 1 N–H and O–H groups in total. The standard InChI is InChI=1S/C19H20N4O3S/c1-15-6-8-17(9-7-15)21-19(24)22-10-12-23(13-11-22)27(25,26)18-5-3-2-4-16(18)14-20/h2-9H,10-13H2,1H3,(H,21,24). The number of nitrogens with one attached hydrogen (secondary N) is 1. The number of urea groups is 1. The van der Waals surface area contributed by atoms with Gasteiger partial charge in [0.1, 0.15) is 6.07 Å². The first-order chi connectivity index (χ1) is 12.9. The molecule has 0 radical (unpaired) electrons. The third-order valence-electron chi connectivity index (χ3n) is 4.45. The number of hydrogen-bond acceptors (Lipinski definition) is 4. The molecule has 1 aliphatic heterocycles. The maximum atomic E-state index is 12.8. The summed E-state index contributed by atoms with van der Waals surface area (Å²) in [4.78, 5) is 14.0. The number of sulfonamides is 1. The van der Waals surface area contributed by atoms with E-state index in [1.54, 1.807) is 17.0 Å². The van der Waals surface area contributed by atoms with Gasteiger partial charge in [0.25, 0.3) is 0 Å². The second kappa shape index (κ2) is 7.78. The van der Waals surface area contributed by atoms with Crippen molar-refractivity contribution in [2.45, 2.75) is 11.8 Å². The molecule has 0 atom stereocenters. The lowest BCUT2D eigenvalue weighted by Gasteiger charge is -2.34. The highest BCUT2D eigenvalue weighted by Gasteiger charge is 2.31. The molecule has 1 fully saturated rings. The molecule has 3 rings (SSSR count). The van der Waals surface area contributed by atoms with Crippen LogP contribution in [0.4, 0.5) is 10.5 Å². The van der Waals surface area contributed by atoms with Crippen molar-refractivity contribution >= 4 is 21.7 Å². The first-order valence-corrected chi connectivity index (χ1v) is 9.98. The Bertz CT molecular complexity index is 973. The predicted octanol–water partition coefficient (Wildman–Crippen LogP) is 2.41. The Morgan fingerprint density at radius 2 is 1.67 bits per heavy atom. The molecule has 0 aromatic heterocycles. The number of hydrogen-bond donors (Lipinski definition) is 1. The summed E-state index contributed by atoms with van der Waals surface area (Å²) in [7, 11) is -3.77. The van der Waals surface area contributed by atoms with Crippen molar-refractivity contribution < 1.29 is 13.2 Å². The molecule has 0 saturated carbocycles. The van der Waals surface area contributed by atoms with Crippen LogP contribution in [0.25, 0.3) is 0 Å². The molecule has 0 unspecified atom stereocenters. The minimum Gasteiger partial charge on any atom is -0.322 e. The van der Waals surface area contributed by atoms with Crippen LogP contribution >= 0.6 is 0 Å². The second-order valence-corrected chi connectivity index (χ2v) is 8.20. The van der Waals surface area contributed by atoms with Crippen molar-refractivity contribution in [2.75, 3.05) is 31.5 Å². The van der Waals surface area contributed by atoms with E-state index in [-0.39, 0.29) is 42.7 Å². The number of amides is 2. The largest absolute Gasteiger partial charge is 0.322 e. The fourth-order valence-electron chi connectivity index (χ4n) is 2.89. The van der Waals surface area contributed by atoms with Crippen LogP contribution in [-0.2, 0) is 10.0 Å². The van der Waals surface area contributed by atoms with E-state index in [0.29, 0.717) is 5.69 Å². The van der Waals surface area contributed by atoms with Crippen molar-refractivity contribution in [3.05, 3.63) is 59.7 Å². The van der Waals surface area contributed by atoms with E-state index in [0.717, 1.165) is 5.56 Å². The first-order valence-electron chi connectivity index (χ1n) is 8.53. The van der Waals surface area contributed by atoms with E-state index in [2.05, 4.69) is 5.32 Å². The minimum atomic E-state index is -3.77. The summed E-state index contributed by atoms with van der Waals surface area (Å²) in [6, 6.07) is 15.3. The van der Waals surface area contributed by atoms with Crippen LogP contribution in [0.1, 0.15) is 11.1 Å². The van der Waals surface area contributed by atoms with Gasteiger partial charge in [0.2, 0.25) is 10.0 Å². The maximum Gasteiger partial charge on any atom is 0.321 e. The van der Waals surface area contributed by atoms with Gasteiger partial charge in [0.15, 0.2) is 0 Å². The summed E-state index contributed by atoms with van der Waals surface area (Å²) in [5.74, 6) is 0. The monoisotopic (exact) mass is 384 g/mol. The molecular formula is C19H20N4O3S. The zero-order valence-corrected chi connectivity index (χ0v) is 15.7. The SMILES string of the molecule is Cc1ccc(NC(=O)N2CCN(S(=O)(=O)c3ccccc3C#N)CC2)cc1. The summed E-state index contributed by atoms with van der Waals surface area (Å²) in [6.07, 6.45) is 0. The van der Waals surface area contributed by atoms with Crippen molar-refractivity contribution in [3.63, 3.8) is 0 Å². The average molecular weight is 384 g/mol. The van der Waals surface area contributed by atoms with Gasteiger partial charge in [-0.25, -0.2) is 13.2 Å². The number of nitriles is 1. The zero-order chi connectivity index (χ0) is 19.4. The Labute approximate surface area is 158 Å². The molecule has 8 heteroatoms. The number of carbonyl (C=O) groups is 1. The van der Waals surface area contributed by atoms with Crippen LogP contribution in [0.15, 0.2) is 53.4 Å². The average Bonchev–Trinajstić information content (AvgIpc) is 2.69. The zero-order valence-electron chi connectivity index (χ0n) is 14.9. The molecule has 1 saturated heterocycles. The van der Waals surface area contributed by atoms with Gasteiger partial charge in [-0.1, -0.05) is 29.8 Å². The van der Waals surface area contributed by atoms with Gasteiger partial charge in [-0.15, -0.1) is 0 Å². The molecule has 27 heavy (non-hydrogen) atoms. The van der Waals surface area contributed by atoms with Crippen LogP contribution in [0, 0.1) is 18.3 Å². The highest BCUT2D eigenvalue weighted by molar-refractivity contribution is 7.89. The molecule has 140 valence electrons. The number of anilines is 1. The molecule has 1 heterocycles. The van der Waals surface area contributed by atoms with Crippen LogP contribution in [0.2, 0.25) is 0 Å². The summed E-state index contributed by atoms with van der Waals surface area (Å²) < 4.78 is 27.0. The van der Waals surface area contributed by atoms with Crippen LogP contribution in [0.5, 0.6) is 0 Å². The molecule has 2 aromatic rings. The molecular weight excluding hydrogens is 364 g/mol. The molecule has 2 aromatic carbocycles. The van der Waals surface area contributed by atoms with Gasteiger partial charge in [0, 0.05) is 31.9 Å². The number of benzene rings is 2. The number of piperazine rings is 1. The highest BCUT2D eigenvalue weighted by Crippen LogP contribution is 2.21. The van der Waals surface area contributed by atoms with Crippen molar-refractivity contribution in [1.82, 2.24) is 9.21 Å². The van der Waals surface area contributed by atoms with E-state index in [4.69, 9.17) is 5.26 Å². The fraction of sp³-hybridized carbons (Fsp3) is 0.263. The number of rotatable bonds is 3. The van der Waals surface area contributed by atoms with Crippen LogP contribution in [-0.4, -0.2) is 49.8 Å². The molecule has 7 nitrogen and oxygen atoms in total. The van der Waals surface area contributed by atoms with E-state index in [1.165, 1.54) is 16.4 Å². The quantitative estimate of drug-likeness (QED) is 0.879. The molecule has 2 amide bonds.